The molecular formula is C19H18F2O3. The van der Waals surface area contributed by atoms with Crippen molar-refractivity contribution in [1.29, 1.82) is 0 Å². The molecule has 2 aromatic rings. The van der Waals surface area contributed by atoms with Gasteiger partial charge in [-0.05, 0) is 54.7 Å². The fourth-order valence-electron chi connectivity index (χ4n) is 3.21. The lowest BCUT2D eigenvalue weighted by atomic mass is 9.88. The molecule has 0 spiro atoms. The first-order chi connectivity index (χ1) is 11.5. The average molecular weight is 332 g/mol. The highest BCUT2D eigenvalue weighted by atomic mass is 19.1. The van der Waals surface area contributed by atoms with E-state index in [1.54, 1.807) is 18.2 Å². The maximum atomic E-state index is 14.0. The molecule has 1 aliphatic carbocycles. The minimum Gasteiger partial charge on any atom is -0.494 e. The summed E-state index contributed by atoms with van der Waals surface area (Å²) in [4.78, 5) is 12.9. The van der Waals surface area contributed by atoms with Gasteiger partial charge in [0, 0.05) is 11.5 Å². The molecule has 0 aromatic heterocycles. The molecule has 0 amide bonds. The Morgan fingerprint density at radius 2 is 1.71 bits per heavy atom. The highest BCUT2D eigenvalue weighted by Gasteiger charge is 2.28. The molecule has 5 heteroatoms. The largest absolute Gasteiger partial charge is 0.494 e. The van der Waals surface area contributed by atoms with E-state index in [1.807, 2.05) is 0 Å². The Balaban J connectivity index is 2.03. The van der Waals surface area contributed by atoms with Crippen LogP contribution in [0, 0.1) is 11.6 Å². The minimum atomic E-state index is -0.554. The van der Waals surface area contributed by atoms with Gasteiger partial charge >= 0.3 is 0 Å². The summed E-state index contributed by atoms with van der Waals surface area (Å²) in [7, 11) is 2.78. The smallest absolute Gasteiger partial charge is 0.170 e. The molecule has 0 saturated carbocycles. The van der Waals surface area contributed by atoms with Gasteiger partial charge in [-0.25, -0.2) is 8.78 Å². The summed E-state index contributed by atoms with van der Waals surface area (Å²) in [6.45, 7) is 0. The predicted octanol–water partition coefficient (Wildman–Crippen LogP) is 4.28. The van der Waals surface area contributed by atoms with E-state index in [1.165, 1.54) is 26.4 Å². The van der Waals surface area contributed by atoms with Crippen molar-refractivity contribution in [3.8, 4) is 11.5 Å². The van der Waals surface area contributed by atoms with Crippen LogP contribution in [0.5, 0.6) is 11.5 Å². The molecule has 1 atom stereocenters. The van der Waals surface area contributed by atoms with Crippen molar-refractivity contribution >= 4 is 5.78 Å². The molecule has 0 aliphatic heterocycles. The molecule has 0 bridgehead atoms. The van der Waals surface area contributed by atoms with Crippen molar-refractivity contribution in [2.45, 2.75) is 25.2 Å². The first-order valence-electron chi connectivity index (χ1n) is 7.79. The Labute approximate surface area is 139 Å². The fourth-order valence-corrected chi connectivity index (χ4v) is 3.21. The number of hydrogen-bond acceptors (Lipinski definition) is 3. The molecule has 3 nitrogen and oxygen atoms in total. The Kier molecular flexibility index (Phi) is 4.51. The van der Waals surface area contributed by atoms with Crippen molar-refractivity contribution in [1.82, 2.24) is 0 Å². The van der Waals surface area contributed by atoms with Crippen LogP contribution in [-0.4, -0.2) is 20.0 Å². The number of ether oxygens (including phenoxy) is 2. The van der Waals surface area contributed by atoms with Crippen LogP contribution in [0.25, 0.3) is 0 Å². The van der Waals surface area contributed by atoms with E-state index in [2.05, 4.69) is 0 Å². The van der Waals surface area contributed by atoms with Crippen LogP contribution in [0.15, 0.2) is 30.3 Å². The Morgan fingerprint density at radius 3 is 2.42 bits per heavy atom. The summed E-state index contributed by atoms with van der Waals surface area (Å²) in [5.74, 6) is -1.37. The highest BCUT2D eigenvalue weighted by Crippen LogP contribution is 2.35. The van der Waals surface area contributed by atoms with Crippen molar-refractivity contribution < 1.29 is 23.0 Å². The lowest BCUT2D eigenvalue weighted by Gasteiger charge is -2.16. The summed E-state index contributed by atoms with van der Waals surface area (Å²) < 4.78 is 37.7. The number of ketones is 1. The van der Waals surface area contributed by atoms with Crippen LogP contribution in [0.1, 0.15) is 40.2 Å². The minimum absolute atomic E-state index is 0.102. The Morgan fingerprint density at radius 1 is 1.00 bits per heavy atom. The van der Waals surface area contributed by atoms with Crippen molar-refractivity contribution in [3.63, 3.8) is 0 Å². The van der Waals surface area contributed by atoms with Crippen LogP contribution < -0.4 is 9.47 Å². The summed E-state index contributed by atoms with van der Waals surface area (Å²) in [6, 6.07) is 7.27. The summed E-state index contributed by atoms with van der Waals surface area (Å²) in [6.07, 6.45) is 2.07. The second kappa shape index (κ2) is 6.59. The summed E-state index contributed by atoms with van der Waals surface area (Å²) >= 11 is 0. The molecule has 126 valence electrons. The van der Waals surface area contributed by atoms with E-state index in [-0.39, 0.29) is 17.3 Å². The van der Waals surface area contributed by atoms with Gasteiger partial charge in [-0.2, -0.15) is 0 Å². The second-order valence-corrected chi connectivity index (χ2v) is 5.85. The predicted molar refractivity (Wildman–Crippen MR) is 85.9 cm³/mol. The van der Waals surface area contributed by atoms with E-state index >= 15 is 0 Å². The third kappa shape index (κ3) is 2.86. The SMILES string of the molecule is COc1cc(C2CCCc3cc(OC)c(F)cc3C2=O)ccc1F. The Bertz CT molecular complexity index is 786. The molecule has 0 heterocycles. The average Bonchev–Trinajstić information content (AvgIpc) is 2.74. The van der Waals surface area contributed by atoms with Crippen LogP contribution in [0.4, 0.5) is 8.78 Å². The van der Waals surface area contributed by atoms with Gasteiger partial charge < -0.3 is 9.47 Å². The zero-order valence-corrected chi connectivity index (χ0v) is 13.6. The third-order valence-corrected chi connectivity index (χ3v) is 4.48. The number of halogens is 2. The van der Waals surface area contributed by atoms with Gasteiger partial charge in [0.15, 0.2) is 28.9 Å². The molecule has 2 aromatic carbocycles. The second-order valence-electron chi connectivity index (χ2n) is 5.85. The molecule has 1 unspecified atom stereocenters. The number of rotatable bonds is 3. The van der Waals surface area contributed by atoms with E-state index in [9.17, 15) is 13.6 Å². The number of Topliss-reactive ketones (excluding diaryl/α,β-unsaturated/α-hetero) is 1. The van der Waals surface area contributed by atoms with E-state index in [0.29, 0.717) is 24.0 Å². The van der Waals surface area contributed by atoms with E-state index in [0.717, 1.165) is 12.0 Å². The number of fused-ring (bicyclic) bond motifs is 1. The normalized spacial score (nSPS) is 17.2. The van der Waals surface area contributed by atoms with Gasteiger partial charge in [0.05, 0.1) is 14.2 Å². The molecular weight excluding hydrogens is 314 g/mol. The number of methoxy groups -OCH3 is 2. The van der Waals surface area contributed by atoms with Crippen LogP contribution >= 0.6 is 0 Å². The van der Waals surface area contributed by atoms with Gasteiger partial charge in [-0.3, -0.25) is 4.79 Å². The third-order valence-electron chi connectivity index (χ3n) is 4.48. The number of carbonyl (C=O) groups excluding carboxylic acids is 1. The number of hydrogen-bond donors (Lipinski definition) is 0. The van der Waals surface area contributed by atoms with Gasteiger partial charge in [-0.1, -0.05) is 6.07 Å². The summed E-state index contributed by atoms with van der Waals surface area (Å²) in [5, 5.41) is 0. The maximum absolute atomic E-state index is 14.0. The van der Waals surface area contributed by atoms with E-state index in [4.69, 9.17) is 9.47 Å². The highest BCUT2D eigenvalue weighted by molar-refractivity contribution is 6.02. The van der Waals surface area contributed by atoms with Crippen molar-refractivity contribution in [3.05, 3.63) is 58.7 Å². The van der Waals surface area contributed by atoms with E-state index < -0.39 is 17.6 Å². The molecule has 0 fully saturated rings. The number of aryl methyl sites for hydroxylation is 1. The molecule has 3 rings (SSSR count). The van der Waals surface area contributed by atoms with Crippen LogP contribution in [0.3, 0.4) is 0 Å². The van der Waals surface area contributed by atoms with Crippen molar-refractivity contribution in [2.24, 2.45) is 0 Å². The monoisotopic (exact) mass is 332 g/mol. The standard InChI is InChI=1S/C19H18F2O3/c1-23-17-9-12(6-7-15(17)20)13-5-3-4-11-8-18(24-2)16(21)10-14(11)19(13)22/h6-10,13H,3-5H2,1-2H3. The first kappa shape index (κ1) is 16.4. The van der Waals surface area contributed by atoms with Crippen LogP contribution in [0.2, 0.25) is 0 Å². The Hall–Kier alpha value is -2.43. The zero-order valence-electron chi connectivity index (χ0n) is 13.6. The molecule has 0 N–H and O–H groups in total. The fraction of sp³-hybridized carbons (Fsp3) is 0.316. The molecule has 0 saturated heterocycles. The van der Waals surface area contributed by atoms with Gasteiger partial charge in [0.1, 0.15) is 0 Å². The molecule has 24 heavy (non-hydrogen) atoms. The quantitative estimate of drug-likeness (QED) is 0.787. The number of carbonyl (C=O) groups is 1. The molecule has 1 aliphatic rings. The maximum Gasteiger partial charge on any atom is 0.170 e. The lowest BCUT2D eigenvalue weighted by Crippen LogP contribution is -2.13. The topological polar surface area (TPSA) is 35.5 Å². The first-order valence-corrected chi connectivity index (χ1v) is 7.79. The lowest BCUT2D eigenvalue weighted by molar-refractivity contribution is 0.0956. The van der Waals surface area contributed by atoms with Gasteiger partial charge in [-0.15, -0.1) is 0 Å². The van der Waals surface area contributed by atoms with Crippen molar-refractivity contribution in [2.75, 3.05) is 14.2 Å². The summed E-state index contributed by atoms with van der Waals surface area (Å²) in [5.41, 5.74) is 1.84. The molecule has 0 radical (unpaired) electrons. The van der Waals surface area contributed by atoms with Gasteiger partial charge in [0.2, 0.25) is 0 Å². The van der Waals surface area contributed by atoms with Gasteiger partial charge in [0.25, 0.3) is 0 Å². The zero-order chi connectivity index (χ0) is 17.3. The number of benzene rings is 2. The van der Waals surface area contributed by atoms with Crippen LogP contribution in [-0.2, 0) is 6.42 Å².